The van der Waals surface area contributed by atoms with Gasteiger partial charge in [0.15, 0.2) is 28.7 Å². The van der Waals surface area contributed by atoms with E-state index in [4.69, 9.17) is 18.9 Å². The summed E-state index contributed by atoms with van der Waals surface area (Å²) in [5.74, 6) is 0.892. The number of aromatic hydroxyl groups is 1. The van der Waals surface area contributed by atoms with Gasteiger partial charge in [0.2, 0.25) is 5.88 Å². The lowest BCUT2D eigenvalue weighted by Gasteiger charge is -2.27. The summed E-state index contributed by atoms with van der Waals surface area (Å²) in [4.78, 5) is 22.7. The van der Waals surface area contributed by atoms with Crippen molar-refractivity contribution >= 4 is 16.6 Å². The zero-order valence-electron chi connectivity index (χ0n) is 19.5. The third-order valence-electron chi connectivity index (χ3n) is 6.53. The van der Waals surface area contributed by atoms with Gasteiger partial charge in [0.25, 0.3) is 0 Å². The molecule has 9 heteroatoms. The lowest BCUT2D eigenvalue weighted by atomic mass is 9.84. The first-order valence-electron chi connectivity index (χ1n) is 11.5. The predicted molar refractivity (Wildman–Crippen MR) is 134 cm³/mol. The normalized spacial score (nSPS) is 14.2. The van der Waals surface area contributed by atoms with E-state index < -0.39 is 11.5 Å². The fraction of sp³-hybridized carbons (Fsp3) is 0.0714. The first-order valence-corrected chi connectivity index (χ1v) is 11.5. The molecule has 0 aliphatic carbocycles. The van der Waals surface area contributed by atoms with Gasteiger partial charge in [0.05, 0.1) is 29.5 Å². The molecule has 0 amide bonds. The number of rotatable bonds is 3. The zero-order chi connectivity index (χ0) is 25.1. The minimum Gasteiger partial charge on any atom is -0.504 e. The summed E-state index contributed by atoms with van der Waals surface area (Å²) in [6.07, 6.45) is 1.52. The lowest BCUT2D eigenvalue weighted by molar-refractivity contribution is 0.373. The molecule has 0 radical (unpaired) electrons. The summed E-state index contributed by atoms with van der Waals surface area (Å²) in [5, 5.41) is 15.5. The van der Waals surface area contributed by atoms with Crippen molar-refractivity contribution in [2.45, 2.75) is 5.92 Å². The number of para-hydroxylation sites is 1. The fourth-order valence-electron chi connectivity index (χ4n) is 4.86. The molecule has 1 unspecified atom stereocenters. The van der Waals surface area contributed by atoms with Crippen LogP contribution < -0.4 is 15.1 Å². The Bertz CT molecular complexity index is 1900. The number of methoxy groups -OCH3 is 1. The van der Waals surface area contributed by atoms with E-state index in [2.05, 4.69) is 10.1 Å². The molecule has 1 aliphatic rings. The molecule has 0 fully saturated rings. The topological polar surface area (TPSA) is 112 Å². The van der Waals surface area contributed by atoms with Crippen LogP contribution in [0.15, 0.2) is 88.3 Å². The molecule has 3 aromatic heterocycles. The molecule has 4 heterocycles. The van der Waals surface area contributed by atoms with Gasteiger partial charge in [0, 0.05) is 5.56 Å². The number of fused-ring (bicyclic) bond motifs is 6. The van der Waals surface area contributed by atoms with Crippen molar-refractivity contribution in [2.24, 2.45) is 0 Å². The molecule has 7 rings (SSSR count). The first kappa shape index (κ1) is 21.1. The highest BCUT2D eigenvalue weighted by Crippen LogP contribution is 2.48. The van der Waals surface area contributed by atoms with Crippen LogP contribution in [0.3, 0.4) is 0 Å². The van der Waals surface area contributed by atoms with Crippen LogP contribution >= 0.6 is 0 Å². The van der Waals surface area contributed by atoms with Gasteiger partial charge in [0.1, 0.15) is 11.9 Å². The molecule has 0 saturated carbocycles. The largest absolute Gasteiger partial charge is 0.504 e. The van der Waals surface area contributed by atoms with Crippen LogP contribution in [-0.2, 0) is 0 Å². The molecule has 1 aliphatic heterocycles. The molecule has 0 spiro atoms. The maximum Gasteiger partial charge on any atom is 0.344 e. The Morgan fingerprint density at radius 2 is 1.81 bits per heavy atom. The highest BCUT2D eigenvalue weighted by molar-refractivity contribution is 5.87. The summed E-state index contributed by atoms with van der Waals surface area (Å²) >= 11 is 0. The highest BCUT2D eigenvalue weighted by Gasteiger charge is 2.37. The van der Waals surface area contributed by atoms with Gasteiger partial charge in [-0.3, -0.25) is 0 Å². The average Bonchev–Trinajstić information content (AvgIpc) is 3.37. The third-order valence-corrected chi connectivity index (χ3v) is 6.53. The van der Waals surface area contributed by atoms with Gasteiger partial charge >= 0.3 is 5.63 Å². The van der Waals surface area contributed by atoms with Crippen molar-refractivity contribution in [3.05, 3.63) is 106 Å². The predicted octanol–water partition coefficient (Wildman–Crippen LogP) is 4.90. The number of hydrogen-bond acceptors (Lipinski definition) is 8. The molecular weight excluding hydrogens is 472 g/mol. The van der Waals surface area contributed by atoms with E-state index in [1.807, 2.05) is 42.5 Å². The average molecular weight is 490 g/mol. The van der Waals surface area contributed by atoms with Gasteiger partial charge < -0.3 is 19.0 Å². The molecule has 37 heavy (non-hydrogen) atoms. The van der Waals surface area contributed by atoms with Crippen LogP contribution in [0.25, 0.3) is 28.0 Å². The first-order chi connectivity index (χ1) is 18.1. The smallest absolute Gasteiger partial charge is 0.344 e. The number of phenolic OH excluding ortho intramolecular Hbond substituents is 1. The quantitative estimate of drug-likeness (QED) is 0.348. The van der Waals surface area contributed by atoms with Crippen LogP contribution in [0.2, 0.25) is 0 Å². The van der Waals surface area contributed by atoms with Crippen LogP contribution in [0.5, 0.6) is 23.1 Å². The summed E-state index contributed by atoms with van der Waals surface area (Å²) in [7, 11) is 1.48. The minimum absolute atomic E-state index is 0.0251. The number of benzene rings is 3. The Balaban J connectivity index is 1.51. The van der Waals surface area contributed by atoms with E-state index in [0.717, 1.165) is 5.56 Å². The van der Waals surface area contributed by atoms with Crippen molar-refractivity contribution in [2.75, 3.05) is 7.11 Å². The SMILES string of the molecule is COc1ccc(-c2nc3c4c(ncn3n2)Oc2c(c(=O)oc3ccccc23)C4c2ccccc2)cc1O. The van der Waals surface area contributed by atoms with Crippen molar-refractivity contribution in [1.29, 1.82) is 0 Å². The second-order valence-corrected chi connectivity index (χ2v) is 8.63. The highest BCUT2D eigenvalue weighted by atomic mass is 16.5. The maximum absolute atomic E-state index is 13.4. The summed E-state index contributed by atoms with van der Waals surface area (Å²) in [5.41, 5.74) is 2.84. The number of ether oxygens (including phenoxy) is 2. The summed E-state index contributed by atoms with van der Waals surface area (Å²) in [6.45, 7) is 0. The Morgan fingerprint density at radius 1 is 1.00 bits per heavy atom. The molecule has 9 nitrogen and oxygen atoms in total. The number of hydrogen-bond donors (Lipinski definition) is 1. The molecule has 0 saturated heterocycles. The fourth-order valence-corrected chi connectivity index (χ4v) is 4.86. The standard InChI is InChI=1S/C28H18N4O5/c1-35-20-12-11-16(13-18(20)33)25-30-26-23-21(15-7-3-2-4-8-15)22-24(37-27(23)29-14-32(26)31-25)17-9-5-6-10-19(17)36-28(22)34/h2-14,21,33H,1H3. The van der Waals surface area contributed by atoms with Crippen LogP contribution in [0.1, 0.15) is 22.6 Å². The summed E-state index contributed by atoms with van der Waals surface area (Å²) in [6, 6.07) is 21.8. The molecular formula is C28H18N4O5. The number of aromatic nitrogens is 4. The Morgan fingerprint density at radius 3 is 2.62 bits per heavy atom. The lowest BCUT2D eigenvalue weighted by Crippen LogP contribution is -2.22. The van der Waals surface area contributed by atoms with Crippen LogP contribution in [0.4, 0.5) is 0 Å². The van der Waals surface area contributed by atoms with Gasteiger partial charge in [-0.25, -0.2) is 19.3 Å². The van der Waals surface area contributed by atoms with E-state index in [1.54, 1.807) is 28.8 Å². The monoisotopic (exact) mass is 490 g/mol. The van der Waals surface area contributed by atoms with E-state index in [1.165, 1.54) is 19.5 Å². The minimum atomic E-state index is -0.557. The van der Waals surface area contributed by atoms with Gasteiger partial charge in [-0.05, 0) is 35.9 Å². The molecule has 1 atom stereocenters. The Labute approximate surface area is 209 Å². The molecule has 1 N–H and O–H groups in total. The van der Waals surface area contributed by atoms with Crippen molar-refractivity contribution in [3.63, 3.8) is 0 Å². The van der Waals surface area contributed by atoms with E-state index in [-0.39, 0.29) is 5.75 Å². The number of nitrogens with zero attached hydrogens (tertiary/aromatic N) is 4. The molecule has 180 valence electrons. The Hall–Kier alpha value is -5.18. The third kappa shape index (κ3) is 3.17. The maximum atomic E-state index is 13.4. The second-order valence-electron chi connectivity index (χ2n) is 8.63. The van der Waals surface area contributed by atoms with Crippen molar-refractivity contribution in [3.8, 4) is 34.5 Å². The van der Waals surface area contributed by atoms with Crippen LogP contribution in [-0.4, -0.2) is 31.8 Å². The molecule has 6 aromatic rings. The van der Waals surface area contributed by atoms with Gasteiger partial charge in [-0.1, -0.05) is 42.5 Å². The van der Waals surface area contributed by atoms with E-state index >= 15 is 0 Å². The second kappa shape index (κ2) is 7.92. The van der Waals surface area contributed by atoms with Gasteiger partial charge in [-0.15, -0.1) is 5.10 Å². The Kier molecular flexibility index (Phi) is 4.52. The van der Waals surface area contributed by atoms with E-state index in [0.29, 0.717) is 56.5 Å². The number of phenols is 1. The van der Waals surface area contributed by atoms with Gasteiger partial charge in [-0.2, -0.15) is 0 Å². The zero-order valence-corrected chi connectivity index (χ0v) is 19.5. The van der Waals surface area contributed by atoms with Crippen molar-refractivity contribution < 1.29 is 19.0 Å². The van der Waals surface area contributed by atoms with E-state index in [9.17, 15) is 9.90 Å². The van der Waals surface area contributed by atoms with Crippen LogP contribution in [0, 0.1) is 0 Å². The molecule has 0 bridgehead atoms. The molecule has 3 aromatic carbocycles. The van der Waals surface area contributed by atoms with Crippen molar-refractivity contribution in [1.82, 2.24) is 19.6 Å². The summed E-state index contributed by atoms with van der Waals surface area (Å²) < 4.78 is 18.7.